The van der Waals surface area contributed by atoms with Crippen molar-refractivity contribution in [3.63, 3.8) is 0 Å². The van der Waals surface area contributed by atoms with Crippen molar-refractivity contribution in [1.82, 2.24) is 4.98 Å². The van der Waals surface area contributed by atoms with Crippen LogP contribution in [0.5, 0.6) is 5.88 Å². The molecule has 1 atom stereocenters. The van der Waals surface area contributed by atoms with Crippen LogP contribution in [0.15, 0.2) is 42.6 Å². The highest BCUT2D eigenvalue weighted by Crippen LogP contribution is 2.26. The molecule has 0 saturated heterocycles. The minimum absolute atomic E-state index is 0.432. The number of nitrogens with zero attached hydrogens (tertiary/aromatic N) is 1. The van der Waals surface area contributed by atoms with E-state index in [-0.39, 0.29) is 0 Å². The second-order valence-electron chi connectivity index (χ2n) is 4.89. The molecule has 0 spiro atoms. The number of hydrogen-bond acceptors (Lipinski definition) is 3. The zero-order valence-electron chi connectivity index (χ0n) is 12.2. The number of ether oxygens (including phenoxy) is 1. The SMILES string of the molecule is CCCC(C(=O)O)c1ccc(-c2ccc(OC)nc2)cc1. The zero-order valence-corrected chi connectivity index (χ0v) is 12.2. The second kappa shape index (κ2) is 6.88. The van der Waals surface area contributed by atoms with Gasteiger partial charge < -0.3 is 9.84 Å². The summed E-state index contributed by atoms with van der Waals surface area (Å²) in [7, 11) is 1.58. The molecule has 0 amide bonds. The van der Waals surface area contributed by atoms with Crippen LogP contribution in [0.4, 0.5) is 0 Å². The Kier molecular flexibility index (Phi) is 4.93. The molecule has 0 fully saturated rings. The molecule has 1 aromatic carbocycles. The number of rotatable bonds is 6. The molecule has 110 valence electrons. The number of pyridine rings is 1. The molecule has 1 heterocycles. The monoisotopic (exact) mass is 285 g/mol. The van der Waals surface area contributed by atoms with E-state index in [2.05, 4.69) is 4.98 Å². The molecule has 1 unspecified atom stereocenters. The summed E-state index contributed by atoms with van der Waals surface area (Å²) in [6, 6.07) is 11.4. The van der Waals surface area contributed by atoms with Gasteiger partial charge in [0.05, 0.1) is 13.0 Å². The first-order valence-corrected chi connectivity index (χ1v) is 6.99. The van der Waals surface area contributed by atoms with E-state index in [0.29, 0.717) is 12.3 Å². The fourth-order valence-electron chi connectivity index (χ4n) is 2.30. The third-order valence-electron chi connectivity index (χ3n) is 3.47. The maximum Gasteiger partial charge on any atom is 0.310 e. The predicted octanol–water partition coefficient (Wildman–Crippen LogP) is 3.73. The van der Waals surface area contributed by atoms with Gasteiger partial charge in [0.2, 0.25) is 5.88 Å². The summed E-state index contributed by atoms with van der Waals surface area (Å²) in [5, 5.41) is 9.28. The molecule has 0 saturated carbocycles. The molecule has 21 heavy (non-hydrogen) atoms. The fraction of sp³-hybridized carbons (Fsp3) is 0.294. The van der Waals surface area contributed by atoms with Crippen LogP contribution >= 0.6 is 0 Å². The second-order valence-corrected chi connectivity index (χ2v) is 4.89. The van der Waals surface area contributed by atoms with E-state index in [1.54, 1.807) is 19.4 Å². The summed E-state index contributed by atoms with van der Waals surface area (Å²) in [6.45, 7) is 1.99. The number of aromatic nitrogens is 1. The van der Waals surface area contributed by atoms with Gasteiger partial charge in [0.15, 0.2) is 0 Å². The number of carbonyl (C=O) groups is 1. The van der Waals surface area contributed by atoms with Crippen LogP contribution in [0.3, 0.4) is 0 Å². The normalized spacial score (nSPS) is 11.9. The van der Waals surface area contributed by atoms with Crippen LogP contribution in [0.1, 0.15) is 31.2 Å². The molecular weight excluding hydrogens is 266 g/mol. The Morgan fingerprint density at radius 3 is 2.33 bits per heavy atom. The van der Waals surface area contributed by atoms with E-state index in [0.717, 1.165) is 23.1 Å². The molecule has 4 heteroatoms. The number of carboxylic acids is 1. The first-order valence-electron chi connectivity index (χ1n) is 6.99. The molecule has 0 bridgehead atoms. The van der Waals surface area contributed by atoms with Crippen molar-refractivity contribution in [2.45, 2.75) is 25.7 Å². The smallest absolute Gasteiger partial charge is 0.310 e. The molecule has 0 aliphatic heterocycles. The number of carboxylic acid groups (broad SMARTS) is 1. The summed E-state index contributed by atoms with van der Waals surface area (Å²) < 4.78 is 5.03. The van der Waals surface area contributed by atoms with Gasteiger partial charge in [-0.1, -0.05) is 37.6 Å². The average molecular weight is 285 g/mol. The summed E-state index contributed by atoms with van der Waals surface area (Å²) in [6.07, 6.45) is 3.24. The van der Waals surface area contributed by atoms with Gasteiger partial charge in [-0.15, -0.1) is 0 Å². The summed E-state index contributed by atoms with van der Waals surface area (Å²) in [5.74, 6) is -0.627. The van der Waals surface area contributed by atoms with Crippen LogP contribution in [0.2, 0.25) is 0 Å². The highest BCUT2D eigenvalue weighted by Gasteiger charge is 2.18. The Bertz CT molecular complexity index is 590. The first kappa shape index (κ1) is 15.0. The van der Waals surface area contributed by atoms with Gasteiger partial charge in [0.1, 0.15) is 0 Å². The molecule has 2 rings (SSSR count). The Balaban J connectivity index is 2.22. The quantitative estimate of drug-likeness (QED) is 0.878. The number of benzene rings is 1. The lowest BCUT2D eigenvalue weighted by atomic mass is 9.93. The average Bonchev–Trinajstić information content (AvgIpc) is 2.53. The lowest BCUT2D eigenvalue weighted by Crippen LogP contribution is -2.11. The van der Waals surface area contributed by atoms with Crippen LogP contribution in [0, 0.1) is 0 Å². The van der Waals surface area contributed by atoms with Crippen LogP contribution in [-0.2, 0) is 4.79 Å². The van der Waals surface area contributed by atoms with Gasteiger partial charge in [-0.3, -0.25) is 4.79 Å². The van der Waals surface area contributed by atoms with Gasteiger partial charge in [-0.25, -0.2) is 4.98 Å². The van der Waals surface area contributed by atoms with Gasteiger partial charge in [0.25, 0.3) is 0 Å². The molecule has 1 N–H and O–H groups in total. The third-order valence-corrected chi connectivity index (χ3v) is 3.47. The van der Waals surface area contributed by atoms with E-state index in [1.807, 2.05) is 37.3 Å². The van der Waals surface area contributed by atoms with Crippen molar-refractivity contribution >= 4 is 5.97 Å². The van der Waals surface area contributed by atoms with Crippen molar-refractivity contribution in [2.75, 3.05) is 7.11 Å². The van der Waals surface area contributed by atoms with Crippen LogP contribution in [0.25, 0.3) is 11.1 Å². The fourth-order valence-corrected chi connectivity index (χ4v) is 2.30. The maximum atomic E-state index is 11.3. The van der Waals surface area contributed by atoms with Crippen molar-refractivity contribution in [1.29, 1.82) is 0 Å². The van der Waals surface area contributed by atoms with Crippen molar-refractivity contribution < 1.29 is 14.6 Å². The highest BCUT2D eigenvalue weighted by molar-refractivity contribution is 5.76. The van der Waals surface area contributed by atoms with Crippen molar-refractivity contribution in [2.24, 2.45) is 0 Å². The largest absolute Gasteiger partial charge is 0.481 e. The Hall–Kier alpha value is -2.36. The number of aliphatic carboxylic acids is 1. The van der Waals surface area contributed by atoms with Gasteiger partial charge in [-0.05, 0) is 23.6 Å². The molecule has 0 aliphatic carbocycles. The topological polar surface area (TPSA) is 59.4 Å². The summed E-state index contributed by atoms with van der Waals surface area (Å²) in [4.78, 5) is 15.5. The van der Waals surface area contributed by atoms with Crippen molar-refractivity contribution in [3.05, 3.63) is 48.2 Å². The van der Waals surface area contributed by atoms with E-state index in [9.17, 15) is 9.90 Å². The number of methoxy groups -OCH3 is 1. The lowest BCUT2D eigenvalue weighted by Gasteiger charge is -2.12. The first-order chi connectivity index (χ1) is 10.2. The van der Waals surface area contributed by atoms with E-state index in [4.69, 9.17) is 4.74 Å². The Morgan fingerprint density at radius 2 is 1.86 bits per heavy atom. The standard InChI is InChI=1S/C17H19NO3/c1-3-4-15(17(19)20)13-7-5-12(6-8-13)14-9-10-16(21-2)18-11-14/h5-11,15H,3-4H2,1-2H3,(H,19,20). The lowest BCUT2D eigenvalue weighted by molar-refractivity contribution is -0.139. The molecule has 2 aromatic rings. The minimum atomic E-state index is -0.768. The Labute approximate surface area is 124 Å². The summed E-state index contributed by atoms with van der Waals surface area (Å²) >= 11 is 0. The number of hydrogen-bond donors (Lipinski definition) is 1. The molecule has 0 radical (unpaired) electrons. The van der Waals surface area contributed by atoms with Gasteiger partial charge in [-0.2, -0.15) is 0 Å². The molecule has 4 nitrogen and oxygen atoms in total. The minimum Gasteiger partial charge on any atom is -0.481 e. The maximum absolute atomic E-state index is 11.3. The van der Waals surface area contributed by atoms with Crippen LogP contribution < -0.4 is 4.74 Å². The highest BCUT2D eigenvalue weighted by atomic mass is 16.5. The van der Waals surface area contributed by atoms with E-state index < -0.39 is 11.9 Å². The molecule has 0 aliphatic rings. The van der Waals surface area contributed by atoms with Gasteiger partial charge >= 0.3 is 5.97 Å². The summed E-state index contributed by atoms with van der Waals surface area (Å²) in [5.41, 5.74) is 2.83. The zero-order chi connectivity index (χ0) is 15.2. The van der Waals surface area contributed by atoms with E-state index >= 15 is 0 Å². The van der Waals surface area contributed by atoms with Crippen LogP contribution in [-0.4, -0.2) is 23.2 Å². The molecular formula is C17H19NO3. The Morgan fingerprint density at radius 1 is 1.19 bits per heavy atom. The predicted molar refractivity (Wildman–Crippen MR) is 81.5 cm³/mol. The third kappa shape index (κ3) is 3.60. The van der Waals surface area contributed by atoms with Crippen molar-refractivity contribution in [3.8, 4) is 17.0 Å². The van der Waals surface area contributed by atoms with E-state index in [1.165, 1.54) is 0 Å². The molecule has 1 aromatic heterocycles. The van der Waals surface area contributed by atoms with Gasteiger partial charge in [0, 0.05) is 17.8 Å².